The highest BCUT2D eigenvalue weighted by molar-refractivity contribution is 6.88. The molecule has 3 nitrogen and oxygen atoms in total. The Hall–Kier alpha value is -6.10. The zero-order valence-electron chi connectivity index (χ0n) is 29.8. The zero-order chi connectivity index (χ0) is 35.5. The number of hydrogen-bond donors (Lipinski definition) is 1. The summed E-state index contributed by atoms with van der Waals surface area (Å²) < 4.78 is 0. The molecule has 1 aliphatic rings. The van der Waals surface area contributed by atoms with Gasteiger partial charge in [-0.1, -0.05) is 183 Å². The third-order valence-electron chi connectivity index (χ3n) is 9.69. The number of nitrogens with zero attached hydrogens (tertiary/aromatic N) is 2. The minimum absolute atomic E-state index is 0.375. The van der Waals surface area contributed by atoms with Crippen molar-refractivity contribution in [2.45, 2.75) is 25.8 Å². The molecule has 1 aliphatic heterocycles. The van der Waals surface area contributed by atoms with Gasteiger partial charge in [0.15, 0.2) is 6.17 Å². The lowest BCUT2D eigenvalue weighted by Gasteiger charge is -2.22. The predicted octanol–water partition coefficient (Wildman–Crippen LogP) is 11.4. The van der Waals surface area contributed by atoms with E-state index in [0.717, 1.165) is 39.5 Å². The minimum Gasteiger partial charge on any atom is -0.324 e. The molecule has 0 radical (unpaired) electrons. The van der Waals surface area contributed by atoms with Crippen LogP contribution in [-0.4, -0.2) is 19.7 Å². The van der Waals surface area contributed by atoms with Gasteiger partial charge in [-0.25, -0.2) is 9.98 Å². The number of aliphatic imine (C=N–C) groups is 2. The van der Waals surface area contributed by atoms with Gasteiger partial charge in [0.2, 0.25) is 0 Å². The Balaban J connectivity index is 1.09. The fourth-order valence-electron chi connectivity index (χ4n) is 6.76. The molecule has 0 unspecified atom stereocenters. The first-order chi connectivity index (χ1) is 25.4. The van der Waals surface area contributed by atoms with Crippen LogP contribution in [0.5, 0.6) is 0 Å². The average molecular weight is 688 g/mol. The maximum absolute atomic E-state index is 5.09. The van der Waals surface area contributed by atoms with Gasteiger partial charge < -0.3 is 5.32 Å². The lowest BCUT2D eigenvalue weighted by molar-refractivity contribution is 0.756. The van der Waals surface area contributed by atoms with Crippen molar-refractivity contribution in [2.75, 3.05) is 0 Å². The highest BCUT2D eigenvalue weighted by atomic mass is 28.3. The summed E-state index contributed by atoms with van der Waals surface area (Å²) in [4.78, 5) is 10.2. The van der Waals surface area contributed by atoms with Gasteiger partial charge in [-0.05, 0) is 74.3 Å². The first-order valence-electron chi connectivity index (χ1n) is 17.9. The lowest BCUT2D eigenvalue weighted by Crippen LogP contribution is -2.37. The summed E-state index contributed by atoms with van der Waals surface area (Å²) in [6, 6.07) is 64.9. The van der Waals surface area contributed by atoms with Crippen molar-refractivity contribution < 1.29 is 0 Å². The van der Waals surface area contributed by atoms with Crippen LogP contribution < -0.4 is 10.5 Å². The molecule has 0 amide bonds. The largest absolute Gasteiger partial charge is 0.324 e. The van der Waals surface area contributed by atoms with E-state index in [-0.39, 0.29) is 6.17 Å². The summed E-state index contributed by atoms with van der Waals surface area (Å²) in [5.41, 5.74) is 12.7. The van der Waals surface area contributed by atoms with E-state index in [2.05, 4.69) is 171 Å². The van der Waals surface area contributed by atoms with Crippen LogP contribution in [0.3, 0.4) is 0 Å². The number of amidine groups is 2. The Morgan fingerprint density at radius 3 is 1.15 bits per heavy atom. The molecule has 0 saturated carbocycles. The number of benzene rings is 7. The van der Waals surface area contributed by atoms with E-state index in [1.807, 2.05) is 36.4 Å². The third kappa shape index (κ3) is 7.20. The monoisotopic (exact) mass is 687 g/mol. The Morgan fingerprint density at radius 1 is 0.365 bits per heavy atom. The van der Waals surface area contributed by atoms with Crippen LogP contribution in [0, 0.1) is 0 Å². The third-order valence-corrected chi connectivity index (χ3v) is 11.8. The molecule has 4 heteroatoms. The Kier molecular flexibility index (Phi) is 9.07. The van der Waals surface area contributed by atoms with E-state index in [9.17, 15) is 0 Å². The van der Waals surface area contributed by atoms with Crippen molar-refractivity contribution in [3.63, 3.8) is 0 Å². The summed E-state index contributed by atoms with van der Waals surface area (Å²) in [5, 5.41) is 4.98. The second kappa shape index (κ2) is 14.3. The SMILES string of the molecule is C[Si](C)(C)c1ccc(-c2cccc(-c3cccc(-c4cccc(-c5cccc(C6N=C(c7ccccc7)NC(c7ccccc7)=N6)c5)c4)c3)c2)cc1. The number of nitrogens with one attached hydrogen (secondary N) is 1. The number of rotatable bonds is 8. The molecule has 0 spiro atoms. The zero-order valence-corrected chi connectivity index (χ0v) is 30.8. The van der Waals surface area contributed by atoms with Crippen molar-refractivity contribution in [3.05, 3.63) is 199 Å². The van der Waals surface area contributed by atoms with Gasteiger partial charge in [-0.15, -0.1) is 0 Å². The van der Waals surface area contributed by atoms with E-state index in [0.29, 0.717) is 0 Å². The predicted molar refractivity (Wildman–Crippen MR) is 223 cm³/mol. The van der Waals surface area contributed by atoms with Crippen molar-refractivity contribution in [1.82, 2.24) is 5.32 Å². The molecule has 0 aliphatic carbocycles. The van der Waals surface area contributed by atoms with Crippen LogP contribution in [0.15, 0.2) is 192 Å². The maximum atomic E-state index is 5.09. The van der Waals surface area contributed by atoms with Crippen LogP contribution in [0.25, 0.3) is 44.5 Å². The molecule has 0 aromatic heterocycles. The van der Waals surface area contributed by atoms with E-state index in [1.165, 1.54) is 38.6 Å². The maximum Gasteiger partial charge on any atom is 0.169 e. The summed E-state index contributed by atoms with van der Waals surface area (Å²) in [7, 11) is -1.34. The van der Waals surface area contributed by atoms with E-state index in [1.54, 1.807) is 0 Å². The van der Waals surface area contributed by atoms with Crippen LogP contribution in [0.2, 0.25) is 19.6 Å². The second-order valence-electron chi connectivity index (χ2n) is 14.4. The molecule has 1 N–H and O–H groups in total. The smallest absolute Gasteiger partial charge is 0.169 e. The molecule has 7 aromatic rings. The average Bonchev–Trinajstić information content (AvgIpc) is 3.21. The molecular formula is C48H41N3Si. The fourth-order valence-corrected chi connectivity index (χ4v) is 7.93. The van der Waals surface area contributed by atoms with Crippen LogP contribution in [0.1, 0.15) is 22.9 Å². The number of hydrogen-bond acceptors (Lipinski definition) is 3. The van der Waals surface area contributed by atoms with Crippen molar-refractivity contribution in [1.29, 1.82) is 0 Å². The standard InChI is InChI=1S/C48H41N3Si/c1-52(2,3)45-28-26-34(27-29-45)37-18-10-19-38(30-37)39-20-11-21-40(31-39)41-22-12-23-42(32-41)43-24-13-25-44(33-43)48-50-46(35-14-6-4-7-15-35)49-47(51-48)36-16-8-5-9-17-36/h4-33,48H,1-3H3,(H,49,50,51). The first-order valence-corrected chi connectivity index (χ1v) is 21.4. The summed E-state index contributed by atoms with van der Waals surface area (Å²) >= 11 is 0. The molecule has 1 heterocycles. The Labute approximate surface area is 308 Å². The Morgan fingerprint density at radius 2 is 0.731 bits per heavy atom. The second-order valence-corrected chi connectivity index (χ2v) is 19.5. The summed E-state index contributed by atoms with van der Waals surface area (Å²) in [6.07, 6.45) is -0.375. The van der Waals surface area contributed by atoms with Gasteiger partial charge in [-0.3, -0.25) is 0 Å². The molecule has 7 aromatic carbocycles. The van der Waals surface area contributed by atoms with Crippen molar-refractivity contribution >= 4 is 24.9 Å². The van der Waals surface area contributed by atoms with Crippen LogP contribution in [0.4, 0.5) is 0 Å². The topological polar surface area (TPSA) is 36.8 Å². The quantitative estimate of drug-likeness (QED) is 0.159. The molecule has 8 rings (SSSR count). The van der Waals surface area contributed by atoms with Gasteiger partial charge in [0.25, 0.3) is 0 Å². The summed E-state index contributed by atoms with van der Waals surface area (Å²) in [5.74, 6) is 1.63. The molecule has 0 atom stereocenters. The van der Waals surface area contributed by atoms with Gasteiger partial charge in [-0.2, -0.15) is 0 Å². The molecule has 0 fully saturated rings. The van der Waals surface area contributed by atoms with Gasteiger partial charge in [0.05, 0.1) is 8.07 Å². The Bertz CT molecular complexity index is 2350. The normalized spacial score (nSPS) is 13.2. The van der Waals surface area contributed by atoms with E-state index >= 15 is 0 Å². The van der Waals surface area contributed by atoms with Crippen LogP contribution >= 0.6 is 0 Å². The highest BCUT2D eigenvalue weighted by Gasteiger charge is 2.21. The van der Waals surface area contributed by atoms with E-state index < -0.39 is 8.07 Å². The van der Waals surface area contributed by atoms with E-state index in [4.69, 9.17) is 9.98 Å². The molecular weight excluding hydrogens is 647 g/mol. The minimum atomic E-state index is -1.34. The van der Waals surface area contributed by atoms with Gasteiger partial charge in [0.1, 0.15) is 11.7 Å². The van der Waals surface area contributed by atoms with Gasteiger partial charge in [0, 0.05) is 11.1 Å². The van der Waals surface area contributed by atoms with Crippen LogP contribution in [-0.2, 0) is 0 Å². The highest BCUT2D eigenvalue weighted by Crippen LogP contribution is 2.33. The summed E-state index contributed by atoms with van der Waals surface area (Å²) in [6.45, 7) is 7.18. The first kappa shape index (κ1) is 33.1. The molecule has 252 valence electrons. The molecule has 52 heavy (non-hydrogen) atoms. The van der Waals surface area contributed by atoms with Crippen molar-refractivity contribution in [2.24, 2.45) is 9.98 Å². The lowest BCUT2D eigenvalue weighted by atomic mass is 9.94. The molecule has 0 bridgehead atoms. The fraction of sp³-hybridized carbons (Fsp3) is 0.0833. The van der Waals surface area contributed by atoms with Crippen molar-refractivity contribution in [3.8, 4) is 44.5 Å². The molecule has 0 saturated heterocycles. The van der Waals surface area contributed by atoms with Gasteiger partial charge >= 0.3 is 0 Å².